The van der Waals surface area contributed by atoms with Crippen molar-refractivity contribution in [3.63, 3.8) is 0 Å². The molecule has 0 amide bonds. The van der Waals surface area contributed by atoms with Gasteiger partial charge in [0.15, 0.2) is 0 Å². The first-order valence-electron chi connectivity index (χ1n) is 8.96. The molecule has 23 heavy (non-hydrogen) atoms. The topological polar surface area (TPSA) is 98.0 Å². The highest BCUT2D eigenvalue weighted by Crippen LogP contribution is 2.13. The Morgan fingerprint density at radius 2 is 1.13 bits per heavy atom. The van der Waals surface area contributed by atoms with Gasteiger partial charge in [0.1, 0.15) is 0 Å². The van der Waals surface area contributed by atoms with Crippen LogP contribution in [0.3, 0.4) is 0 Å². The average Bonchev–Trinajstić information content (AvgIpc) is 2.45. The van der Waals surface area contributed by atoms with Gasteiger partial charge in [0.05, 0.1) is 0 Å². The molecule has 0 saturated heterocycles. The summed E-state index contributed by atoms with van der Waals surface area (Å²) in [5.74, 6) is -3.27. The van der Waals surface area contributed by atoms with Crippen molar-refractivity contribution in [1.82, 2.24) is 0 Å². The molecule has 0 bridgehead atoms. The van der Waals surface area contributed by atoms with E-state index in [1.807, 2.05) is 6.08 Å². The number of aliphatic carboxylic acids is 1. The molecule has 0 aromatic heterocycles. The Morgan fingerprint density at radius 3 is 1.57 bits per heavy atom. The van der Waals surface area contributed by atoms with Crippen LogP contribution >= 0.6 is 0 Å². The second-order valence-corrected chi connectivity index (χ2v) is 6.27. The highest BCUT2D eigenvalue weighted by molar-refractivity contribution is 5.66. The smallest absolute Gasteiger partial charge is 0.303 e. The number of rotatable bonds is 16. The summed E-state index contributed by atoms with van der Waals surface area (Å²) in [5, 5.41) is 34.6. The number of hydrogen-bond donors (Lipinski definition) is 4. The quantitative estimate of drug-likeness (QED) is 0.196. The fourth-order valence-electron chi connectivity index (χ4n) is 2.49. The van der Waals surface area contributed by atoms with Crippen LogP contribution in [-0.2, 0) is 4.79 Å². The van der Waals surface area contributed by atoms with Gasteiger partial charge in [0.25, 0.3) is 5.97 Å². The van der Waals surface area contributed by atoms with E-state index >= 15 is 0 Å². The third-order valence-electron chi connectivity index (χ3n) is 3.82. The Bertz CT molecular complexity index is 307. The van der Waals surface area contributed by atoms with E-state index in [2.05, 4.69) is 0 Å². The maximum absolute atomic E-state index is 10.3. The molecule has 0 spiro atoms. The first-order chi connectivity index (χ1) is 10.9. The number of hydrogen-bond acceptors (Lipinski definition) is 4. The number of allylic oxidation sites excluding steroid dienone is 1. The van der Waals surface area contributed by atoms with E-state index in [0.29, 0.717) is 6.42 Å². The molecule has 5 nitrogen and oxygen atoms in total. The van der Waals surface area contributed by atoms with Gasteiger partial charge in [0, 0.05) is 12.8 Å². The van der Waals surface area contributed by atoms with Gasteiger partial charge in [-0.3, -0.25) is 4.79 Å². The zero-order valence-corrected chi connectivity index (χ0v) is 14.3. The molecule has 0 fully saturated rings. The molecule has 0 rings (SSSR count). The van der Waals surface area contributed by atoms with E-state index in [1.54, 1.807) is 6.08 Å². The number of aliphatic hydroxyl groups is 3. The van der Waals surface area contributed by atoms with Crippen molar-refractivity contribution < 1.29 is 25.2 Å². The lowest BCUT2D eigenvalue weighted by Gasteiger charge is -2.09. The molecule has 0 aromatic rings. The van der Waals surface area contributed by atoms with Crippen molar-refractivity contribution >= 4 is 5.97 Å². The fourth-order valence-corrected chi connectivity index (χ4v) is 2.49. The van der Waals surface area contributed by atoms with Gasteiger partial charge in [0.2, 0.25) is 0 Å². The standard InChI is InChI=1S/C18H34O5/c19-17(20)15-13-11-9-7-5-3-1-2-4-6-8-10-12-14-16-18(21,22)23/h12,14,21-23H,1-11,13,15-16H2,(H,19,20). The summed E-state index contributed by atoms with van der Waals surface area (Å²) in [5.41, 5.74) is 0. The van der Waals surface area contributed by atoms with Crippen LogP contribution in [0.15, 0.2) is 12.2 Å². The van der Waals surface area contributed by atoms with E-state index in [4.69, 9.17) is 20.4 Å². The van der Waals surface area contributed by atoms with Crippen molar-refractivity contribution in [2.45, 2.75) is 95.9 Å². The molecule has 5 heteroatoms. The Labute approximate surface area is 140 Å². The molecular formula is C18H34O5. The van der Waals surface area contributed by atoms with Crippen LogP contribution in [-0.4, -0.2) is 32.4 Å². The predicted octanol–water partition coefficient (Wildman–Crippen LogP) is 3.72. The van der Waals surface area contributed by atoms with E-state index in [0.717, 1.165) is 32.1 Å². The molecule has 0 aliphatic carbocycles. The van der Waals surface area contributed by atoms with E-state index in [-0.39, 0.29) is 6.42 Å². The molecule has 0 atom stereocenters. The Hall–Kier alpha value is -0.910. The molecule has 0 aliphatic heterocycles. The summed E-state index contributed by atoms with van der Waals surface area (Å²) < 4.78 is 0. The first kappa shape index (κ1) is 22.1. The van der Waals surface area contributed by atoms with Crippen molar-refractivity contribution in [3.05, 3.63) is 12.2 Å². The van der Waals surface area contributed by atoms with Gasteiger partial charge in [-0.1, -0.05) is 69.9 Å². The molecule has 136 valence electrons. The Balaban J connectivity index is 3.12. The lowest BCUT2D eigenvalue weighted by atomic mass is 10.0. The highest BCUT2D eigenvalue weighted by atomic mass is 16.7. The van der Waals surface area contributed by atoms with Crippen molar-refractivity contribution in [3.8, 4) is 0 Å². The zero-order chi connectivity index (χ0) is 17.4. The van der Waals surface area contributed by atoms with E-state index in [9.17, 15) is 4.79 Å². The lowest BCUT2D eigenvalue weighted by molar-refractivity contribution is -0.308. The third kappa shape index (κ3) is 21.1. The molecule has 0 heterocycles. The van der Waals surface area contributed by atoms with Crippen molar-refractivity contribution in [1.29, 1.82) is 0 Å². The number of carbonyl (C=O) groups is 1. The molecule has 0 unspecified atom stereocenters. The van der Waals surface area contributed by atoms with E-state index in [1.165, 1.54) is 44.9 Å². The molecule has 0 aromatic carbocycles. The maximum atomic E-state index is 10.3. The molecular weight excluding hydrogens is 296 g/mol. The van der Waals surface area contributed by atoms with Crippen LogP contribution < -0.4 is 0 Å². The largest absolute Gasteiger partial charge is 0.481 e. The average molecular weight is 330 g/mol. The summed E-state index contributed by atoms with van der Waals surface area (Å²) in [6, 6.07) is 0. The monoisotopic (exact) mass is 330 g/mol. The number of carboxylic acid groups (broad SMARTS) is 1. The van der Waals surface area contributed by atoms with Gasteiger partial charge >= 0.3 is 5.97 Å². The molecule has 0 radical (unpaired) electrons. The molecule has 4 N–H and O–H groups in total. The van der Waals surface area contributed by atoms with Crippen molar-refractivity contribution in [2.24, 2.45) is 0 Å². The lowest BCUT2D eigenvalue weighted by Crippen LogP contribution is -2.25. The summed E-state index contributed by atoms with van der Waals surface area (Å²) >= 11 is 0. The maximum Gasteiger partial charge on any atom is 0.303 e. The molecule has 0 aliphatic rings. The van der Waals surface area contributed by atoms with E-state index < -0.39 is 11.9 Å². The summed E-state index contributed by atoms with van der Waals surface area (Å²) in [6.07, 6.45) is 17.3. The molecule has 0 saturated carbocycles. The second kappa shape index (κ2) is 14.7. The van der Waals surface area contributed by atoms with Gasteiger partial charge in [-0.25, -0.2) is 0 Å². The normalized spacial score (nSPS) is 12.1. The fraction of sp³-hybridized carbons (Fsp3) is 0.833. The second-order valence-electron chi connectivity index (χ2n) is 6.27. The van der Waals surface area contributed by atoms with Gasteiger partial charge in [-0.15, -0.1) is 0 Å². The number of unbranched alkanes of at least 4 members (excludes halogenated alkanes) is 11. The SMILES string of the molecule is O=C(O)CCCCCCCCCCCCCC=CCC(O)(O)O. The van der Waals surface area contributed by atoms with Crippen molar-refractivity contribution in [2.75, 3.05) is 0 Å². The minimum Gasteiger partial charge on any atom is -0.481 e. The van der Waals surface area contributed by atoms with Gasteiger partial charge < -0.3 is 20.4 Å². The Morgan fingerprint density at radius 1 is 0.696 bits per heavy atom. The summed E-state index contributed by atoms with van der Waals surface area (Å²) in [7, 11) is 0. The number of carboxylic acids is 1. The predicted molar refractivity (Wildman–Crippen MR) is 90.8 cm³/mol. The summed E-state index contributed by atoms with van der Waals surface area (Å²) in [6.45, 7) is 0. The van der Waals surface area contributed by atoms with Crippen LogP contribution in [0.25, 0.3) is 0 Å². The van der Waals surface area contributed by atoms with Crippen LogP contribution in [0, 0.1) is 0 Å². The first-order valence-corrected chi connectivity index (χ1v) is 8.96. The highest BCUT2D eigenvalue weighted by Gasteiger charge is 2.14. The zero-order valence-electron chi connectivity index (χ0n) is 14.3. The van der Waals surface area contributed by atoms with Gasteiger partial charge in [-0.05, 0) is 19.3 Å². The third-order valence-corrected chi connectivity index (χ3v) is 3.82. The Kier molecular flexibility index (Phi) is 14.1. The minimum atomic E-state index is -2.58. The minimum absolute atomic E-state index is 0.149. The van der Waals surface area contributed by atoms with Crippen LogP contribution in [0.4, 0.5) is 0 Å². The van der Waals surface area contributed by atoms with Crippen LogP contribution in [0.1, 0.15) is 89.9 Å². The van der Waals surface area contributed by atoms with Crippen LogP contribution in [0.5, 0.6) is 0 Å². The van der Waals surface area contributed by atoms with Crippen LogP contribution in [0.2, 0.25) is 0 Å². The van der Waals surface area contributed by atoms with Gasteiger partial charge in [-0.2, -0.15) is 0 Å². The summed E-state index contributed by atoms with van der Waals surface area (Å²) in [4.78, 5) is 10.3.